The third kappa shape index (κ3) is 3.96. The monoisotopic (exact) mass is 423 g/mol. The Labute approximate surface area is 177 Å². The lowest BCUT2D eigenvalue weighted by Crippen LogP contribution is -2.23. The van der Waals surface area contributed by atoms with Gasteiger partial charge in [-0.25, -0.2) is 4.39 Å². The van der Waals surface area contributed by atoms with Crippen LogP contribution in [-0.2, 0) is 11.3 Å². The quantitative estimate of drug-likeness (QED) is 0.490. The number of benzene rings is 2. The Bertz CT molecular complexity index is 1330. The minimum Gasteiger partial charge on any atom is -0.493 e. The van der Waals surface area contributed by atoms with Crippen molar-refractivity contribution < 1.29 is 18.7 Å². The third-order valence-electron chi connectivity index (χ3n) is 5.15. The van der Waals surface area contributed by atoms with Gasteiger partial charge in [0.2, 0.25) is 5.91 Å². The maximum absolute atomic E-state index is 13.9. The second-order valence-electron chi connectivity index (χ2n) is 7.07. The predicted octanol–water partition coefficient (Wildman–Crippen LogP) is 3.83. The first kappa shape index (κ1) is 20.5. The topological polar surface area (TPSA) is 74.0 Å². The summed E-state index contributed by atoms with van der Waals surface area (Å²) in [6, 6.07) is 13.0. The van der Waals surface area contributed by atoms with Crippen molar-refractivity contribution in [3.8, 4) is 11.5 Å². The minimum atomic E-state index is -0.418. The van der Waals surface area contributed by atoms with Crippen molar-refractivity contribution in [1.29, 1.82) is 0 Å². The number of carbonyl (C=O) groups excluding carboxylic acids is 1. The molecule has 0 aliphatic carbocycles. The van der Waals surface area contributed by atoms with Crippen LogP contribution < -0.4 is 20.3 Å². The van der Waals surface area contributed by atoms with E-state index in [-0.39, 0.29) is 17.9 Å². The van der Waals surface area contributed by atoms with Crippen LogP contribution in [0.15, 0.2) is 59.5 Å². The highest BCUT2D eigenvalue weighted by atomic mass is 19.1. The summed E-state index contributed by atoms with van der Waals surface area (Å²) in [5.41, 5.74) is 2.10. The van der Waals surface area contributed by atoms with E-state index in [0.717, 1.165) is 5.52 Å². The third-order valence-corrected chi connectivity index (χ3v) is 5.15. The van der Waals surface area contributed by atoms with Gasteiger partial charge in [-0.15, -0.1) is 0 Å². The molecule has 0 radical (unpaired) electrons. The summed E-state index contributed by atoms with van der Waals surface area (Å²) in [6.07, 6.45) is 2.39. The van der Waals surface area contributed by atoms with Crippen molar-refractivity contribution >= 4 is 28.1 Å². The number of halogens is 1. The summed E-state index contributed by atoms with van der Waals surface area (Å²) in [5.74, 6) is 0.471. The molecule has 7 nitrogen and oxygen atoms in total. The maximum atomic E-state index is 13.9. The van der Waals surface area contributed by atoms with E-state index in [1.807, 2.05) is 0 Å². The molecule has 0 saturated heterocycles. The van der Waals surface area contributed by atoms with Crippen LogP contribution in [0.1, 0.15) is 12.8 Å². The van der Waals surface area contributed by atoms with Gasteiger partial charge in [0.15, 0.2) is 11.5 Å². The molecular formula is C23H22FN3O4. The Morgan fingerprint density at radius 3 is 2.58 bits per heavy atom. The summed E-state index contributed by atoms with van der Waals surface area (Å²) in [7, 11) is 3.06. The van der Waals surface area contributed by atoms with Gasteiger partial charge in [-0.05, 0) is 48.9 Å². The van der Waals surface area contributed by atoms with Gasteiger partial charge in [-0.2, -0.15) is 0 Å². The van der Waals surface area contributed by atoms with E-state index in [1.165, 1.54) is 23.8 Å². The highest BCUT2D eigenvalue weighted by molar-refractivity contribution is 5.91. The van der Waals surface area contributed by atoms with E-state index in [0.29, 0.717) is 41.2 Å². The van der Waals surface area contributed by atoms with E-state index in [9.17, 15) is 14.0 Å². The molecule has 2 heterocycles. The Kier molecular flexibility index (Phi) is 5.62. The van der Waals surface area contributed by atoms with Gasteiger partial charge in [0.05, 0.1) is 25.3 Å². The zero-order valence-electron chi connectivity index (χ0n) is 17.2. The number of aryl methyl sites for hydroxylation is 1. The number of aromatic nitrogens is 2. The molecule has 2 aromatic heterocycles. The summed E-state index contributed by atoms with van der Waals surface area (Å²) in [5, 5.41) is 2.81. The van der Waals surface area contributed by atoms with Gasteiger partial charge >= 0.3 is 0 Å². The van der Waals surface area contributed by atoms with Crippen LogP contribution in [0.25, 0.3) is 16.6 Å². The number of methoxy groups -OCH3 is 2. The summed E-state index contributed by atoms with van der Waals surface area (Å²) < 4.78 is 27.6. The Morgan fingerprint density at radius 2 is 1.81 bits per heavy atom. The van der Waals surface area contributed by atoms with Gasteiger partial charge in [-0.1, -0.05) is 0 Å². The molecule has 0 bridgehead atoms. The van der Waals surface area contributed by atoms with E-state index in [4.69, 9.17) is 9.47 Å². The average molecular weight is 423 g/mol. The smallest absolute Gasteiger partial charge is 0.275 e. The highest BCUT2D eigenvalue weighted by Crippen LogP contribution is 2.29. The molecule has 2 aromatic carbocycles. The van der Waals surface area contributed by atoms with Crippen LogP contribution in [0.2, 0.25) is 0 Å². The number of hydrogen-bond donors (Lipinski definition) is 1. The SMILES string of the molecule is COc1ccc(NC(=O)CCCn2c(=O)c3cccn3c3ccc(F)cc32)cc1OC. The van der Waals surface area contributed by atoms with Crippen LogP contribution in [0.3, 0.4) is 0 Å². The predicted molar refractivity (Wildman–Crippen MR) is 117 cm³/mol. The zero-order chi connectivity index (χ0) is 22.0. The number of rotatable bonds is 7. The largest absolute Gasteiger partial charge is 0.493 e. The molecule has 160 valence electrons. The van der Waals surface area contributed by atoms with Crippen LogP contribution in [0.5, 0.6) is 11.5 Å². The van der Waals surface area contributed by atoms with Crippen molar-refractivity contribution in [2.75, 3.05) is 19.5 Å². The first-order chi connectivity index (χ1) is 15.0. The van der Waals surface area contributed by atoms with Gasteiger partial charge < -0.3 is 23.8 Å². The minimum absolute atomic E-state index is 0.195. The molecule has 0 aliphatic rings. The van der Waals surface area contributed by atoms with E-state index in [2.05, 4.69) is 5.32 Å². The number of anilines is 1. The number of fused-ring (bicyclic) bond motifs is 3. The van der Waals surface area contributed by atoms with Crippen molar-refractivity contribution in [1.82, 2.24) is 8.97 Å². The average Bonchev–Trinajstić information content (AvgIpc) is 3.26. The second kappa shape index (κ2) is 8.51. The van der Waals surface area contributed by atoms with Crippen molar-refractivity contribution in [3.63, 3.8) is 0 Å². The molecular weight excluding hydrogens is 401 g/mol. The number of carbonyl (C=O) groups is 1. The summed E-state index contributed by atoms with van der Waals surface area (Å²) in [4.78, 5) is 25.3. The fourth-order valence-electron chi connectivity index (χ4n) is 3.69. The molecule has 0 atom stereocenters. The first-order valence-corrected chi connectivity index (χ1v) is 9.83. The molecule has 1 amide bonds. The van der Waals surface area contributed by atoms with Crippen LogP contribution in [0, 0.1) is 5.82 Å². The number of nitrogens with one attached hydrogen (secondary N) is 1. The lowest BCUT2D eigenvalue weighted by molar-refractivity contribution is -0.116. The number of ether oxygens (including phenoxy) is 2. The second-order valence-corrected chi connectivity index (χ2v) is 7.07. The highest BCUT2D eigenvalue weighted by Gasteiger charge is 2.12. The fourth-order valence-corrected chi connectivity index (χ4v) is 3.69. The molecule has 0 fully saturated rings. The van der Waals surface area contributed by atoms with Crippen LogP contribution >= 0.6 is 0 Å². The molecule has 1 N–H and O–H groups in total. The zero-order valence-corrected chi connectivity index (χ0v) is 17.2. The molecule has 0 aliphatic heterocycles. The number of hydrogen-bond acceptors (Lipinski definition) is 4. The fraction of sp³-hybridized carbons (Fsp3) is 0.217. The van der Waals surface area contributed by atoms with E-state index >= 15 is 0 Å². The van der Waals surface area contributed by atoms with Crippen molar-refractivity contribution in [2.24, 2.45) is 0 Å². The normalized spacial score (nSPS) is 11.1. The Balaban J connectivity index is 1.50. The lowest BCUT2D eigenvalue weighted by Gasteiger charge is -2.13. The van der Waals surface area contributed by atoms with Gasteiger partial charge in [0.1, 0.15) is 11.3 Å². The molecule has 0 spiro atoms. The maximum Gasteiger partial charge on any atom is 0.275 e. The molecule has 0 saturated carbocycles. The standard InChI is InChI=1S/C23H22FN3O4/c1-30-20-10-8-16(14-21(20)31-2)25-22(28)6-4-12-27-19-13-15(24)7-9-17(19)26-11-3-5-18(26)23(27)29/h3,5,7-11,13-14H,4,6,12H2,1-2H3,(H,25,28). The number of amides is 1. The Morgan fingerprint density at radius 1 is 1.00 bits per heavy atom. The van der Waals surface area contributed by atoms with Crippen LogP contribution in [-0.4, -0.2) is 29.1 Å². The van der Waals surface area contributed by atoms with E-state index < -0.39 is 5.82 Å². The van der Waals surface area contributed by atoms with Crippen LogP contribution in [0.4, 0.5) is 10.1 Å². The summed E-state index contributed by atoms with van der Waals surface area (Å²) in [6.45, 7) is 0.291. The number of nitrogens with zero attached hydrogens (tertiary/aromatic N) is 2. The van der Waals surface area contributed by atoms with Gasteiger partial charge in [0, 0.05) is 30.9 Å². The van der Waals surface area contributed by atoms with E-state index in [1.54, 1.807) is 54.1 Å². The van der Waals surface area contributed by atoms with Gasteiger partial charge in [0.25, 0.3) is 5.56 Å². The molecule has 4 aromatic rings. The first-order valence-electron chi connectivity index (χ1n) is 9.83. The molecule has 4 rings (SSSR count). The molecule has 31 heavy (non-hydrogen) atoms. The molecule has 0 unspecified atom stereocenters. The summed E-state index contributed by atoms with van der Waals surface area (Å²) >= 11 is 0. The Hall–Kier alpha value is -3.81. The molecule has 8 heteroatoms. The van der Waals surface area contributed by atoms with Crippen molar-refractivity contribution in [3.05, 3.63) is 70.9 Å². The van der Waals surface area contributed by atoms with Gasteiger partial charge in [-0.3, -0.25) is 9.59 Å². The van der Waals surface area contributed by atoms with Crippen molar-refractivity contribution in [2.45, 2.75) is 19.4 Å². The lowest BCUT2D eigenvalue weighted by atomic mass is 10.2.